The van der Waals surface area contributed by atoms with Gasteiger partial charge in [0.2, 0.25) is 11.8 Å². The normalized spacial score (nSPS) is 13.6. The maximum Gasteiger partial charge on any atom is 0.242 e. The number of amides is 2. The predicted molar refractivity (Wildman–Crippen MR) is 92.0 cm³/mol. The Morgan fingerprint density at radius 3 is 2.57 bits per heavy atom. The van der Waals surface area contributed by atoms with Crippen molar-refractivity contribution in [1.29, 1.82) is 0 Å². The number of benzene rings is 1. The Balaban J connectivity index is 1.95. The number of carbonyl (C=O) groups excluding carboxylic acids is 2. The SMILES string of the molecule is CCCCC(=O)N(CCC)CC(=O)N1CCc2ccccc2C1. The average Bonchev–Trinajstić information content (AvgIpc) is 2.58. The van der Waals surface area contributed by atoms with E-state index in [2.05, 4.69) is 19.1 Å². The molecule has 23 heavy (non-hydrogen) atoms. The molecule has 0 bridgehead atoms. The molecule has 0 saturated heterocycles. The van der Waals surface area contributed by atoms with E-state index in [0.29, 0.717) is 19.5 Å². The maximum absolute atomic E-state index is 12.6. The van der Waals surface area contributed by atoms with E-state index >= 15 is 0 Å². The van der Waals surface area contributed by atoms with Gasteiger partial charge in [0.15, 0.2) is 0 Å². The number of nitrogens with zero attached hydrogens (tertiary/aromatic N) is 2. The van der Waals surface area contributed by atoms with Crippen LogP contribution in [0.5, 0.6) is 0 Å². The van der Waals surface area contributed by atoms with E-state index in [0.717, 1.165) is 32.2 Å². The third-order valence-electron chi connectivity index (χ3n) is 4.40. The maximum atomic E-state index is 12.6. The topological polar surface area (TPSA) is 40.6 Å². The molecule has 1 aromatic rings. The molecular formula is C19H28N2O2. The highest BCUT2D eigenvalue weighted by Crippen LogP contribution is 2.18. The zero-order valence-corrected chi connectivity index (χ0v) is 14.4. The number of hydrogen-bond acceptors (Lipinski definition) is 2. The summed E-state index contributed by atoms with van der Waals surface area (Å²) >= 11 is 0. The van der Waals surface area contributed by atoms with Crippen LogP contribution in [0.1, 0.15) is 50.7 Å². The van der Waals surface area contributed by atoms with Gasteiger partial charge in [-0.05, 0) is 30.4 Å². The van der Waals surface area contributed by atoms with Crippen LogP contribution < -0.4 is 0 Å². The minimum absolute atomic E-state index is 0.0674. The van der Waals surface area contributed by atoms with Crippen LogP contribution in [0.25, 0.3) is 0 Å². The molecule has 4 nitrogen and oxygen atoms in total. The van der Waals surface area contributed by atoms with Crippen molar-refractivity contribution in [3.8, 4) is 0 Å². The van der Waals surface area contributed by atoms with Crippen LogP contribution >= 0.6 is 0 Å². The van der Waals surface area contributed by atoms with E-state index in [9.17, 15) is 9.59 Å². The second-order valence-corrected chi connectivity index (χ2v) is 6.25. The van der Waals surface area contributed by atoms with Crippen molar-refractivity contribution in [3.63, 3.8) is 0 Å². The summed E-state index contributed by atoms with van der Waals surface area (Å²) in [6.45, 7) is 6.42. The molecule has 2 rings (SSSR count). The highest BCUT2D eigenvalue weighted by Gasteiger charge is 2.23. The lowest BCUT2D eigenvalue weighted by Gasteiger charge is -2.31. The average molecular weight is 316 g/mol. The largest absolute Gasteiger partial charge is 0.336 e. The molecule has 0 spiro atoms. The molecule has 0 saturated carbocycles. The van der Waals surface area contributed by atoms with Gasteiger partial charge in [-0.3, -0.25) is 9.59 Å². The van der Waals surface area contributed by atoms with E-state index in [1.807, 2.05) is 24.0 Å². The van der Waals surface area contributed by atoms with Crippen molar-refractivity contribution >= 4 is 11.8 Å². The Morgan fingerprint density at radius 2 is 1.87 bits per heavy atom. The molecule has 1 aromatic carbocycles. The van der Waals surface area contributed by atoms with Crippen molar-refractivity contribution in [2.75, 3.05) is 19.6 Å². The van der Waals surface area contributed by atoms with E-state index in [4.69, 9.17) is 0 Å². The second-order valence-electron chi connectivity index (χ2n) is 6.25. The van der Waals surface area contributed by atoms with Gasteiger partial charge in [-0.25, -0.2) is 0 Å². The highest BCUT2D eigenvalue weighted by atomic mass is 16.2. The molecule has 0 radical (unpaired) electrons. The van der Waals surface area contributed by atoms with Gasteiger partial charge in [0.05, 0.1) is 6.54 Å². The smallest absolute Gasteiger partial charge is 0.242 e. The summed E-state index contributed by atoms with van der Waals surface area (Å²) in [5.41, 5.74) is 2.56. The molecule has 0 unspecified atom stereocenters. The summed E-state index contributed by atoms with van der Waals surface area (Å²) < 4.78 is 0. The first kappa shape index (κ1) is 17.5. The molecule has 2 amide bonds. The lowest BCUT2D eigenvalue weighted by Crippen LogP contribution is -2.44. The Kier molecular flexibility index (Phi) is 6.63. The minimum Gasteiger partial charge on any atom is -0.336 e. The molecule has 0 aromatic heterocycles. The molecule has 126 valence electrons. The van der Waals surface area contributed by atoms with E-state index in [1.165, 1.54) is 11.1 Å². The van der Waals surface area contributed by atoms with Gasteiger partial charge in [0.25, 0.3) is 0 Å². The third kappa shape index (κ3) is 4.81. The summed E-state index contributed by atoms with van der Waals surface area (Å²) in [5.74, 6) is 0.178. The van der Waals surface area contributed by atoms with E-state index < -0.39 is 0 Å². The fraction of sp³-hybridized carbons (Fsp3) is 0.579. The summed E-state index contributed by atoms with van der Waals surface area (Å²) in [6.07, 6.45) is 4.23. The van der Waals surface area contributed by atoms with Gasteiger partial charge in [-0.15, -0.1) is 0 Å². The molecule has 1 heterocycles. The first-order valence-corrected chi connectivity index (χ1v) is 8.78. The lowest BCUT2D eigenvalue weighted by molar-refractivity contribution is -0.141. The summed E-state index contributed by atoms with van der Waals surface area (Å²) in [5, 5.41) is 0. The molecule has 4 heteroatoms. The van der Waals surface area contributed by atoms with Crippen LogP contribution in [0, 0.1) is 0 Å². The van der Waals surface area contributed by atoms with Crippen molar-refractivity contribution in [2.24, 2.45) is 0 Å². The van der Waals surface area contributed by atoms with Gasteiger partial charge < -0.3 is 9.80 Å². The molecule has 1 aliphatic rings. The first-order valence-electron chi connectivity index (χ1n) is 8.78. The number of hydrogen-bond donors (Lipinski definition) is 0. The van der Waals surface area contributed by atoms with Gasteiger partial charge in [-0.1, -0.05) is 44.5 Å². The van der Waals surface area contributed by atoms with Crippen LogP contribution in [0.4, 0.5) is 0 Å². The predicted octanol–water partition coefficient (Wildman–Crippen LogP) is 3.00. The van der Waals surface area contributed by atoms with Gasteiger partial charge in [0, 0.05) is 26.1 Å². The number of unbranched alkanes of at least 4 members (excludes halogenated alkanes) is 1. The molecule has 0 atom stereocenters. The van der Waals surface area contributed by atoms with Gasteiger partial charge in [0.1, 0.15) is 0 Å². The number of fused-ring (bicyclic) bond motifs is 1. The van der Waals surface area contributed by atoms with Crippen LogP contribution in [0.15, 0.2) is 24.3 Å². The van der Waals surface area contributed by atoms with Crippen molar-refractivity contribution in [2.45, 2.75) is 52.5 Å². The Labute approximate surface area is 139 Å². The zero-order chi connectivity index (χ0) is 16.7. The first-order chi connectivity index (χ1) is 11.2. The van der Waals surface area contributed by atoms with Gasteiger partial charge in [-0.2, -0.15) is 0 Å². The van der Waals surface area contributed by atoms with Crippen molar-refractivity contribution in [1.82, 2.24) is 9.80 Å². The second kappa shape index (κ2) is 8.70. The molecule has 0 N–H and O–H groups in total. The fourth-order valence-corrected chi connectivity index (χ4v) is 3.02. The highest BCUT2D eigenvalue weighted by molar-refractivity contribution is 5.85. The quantitative estimate of drug-likeness (QED) is 0.776. The zero-order valence-electron chi connectivity index (χ0n) is 14.4. The standard InChI is InChI=1S/C19H28N2O2/c1-3-5-10-18(22)20(12-4-2)15-19(23)21-13-11-16-8-6-7-9-17(16)14-21/h6-9H,3-5,10-15H2,1-2H3. The van der Waals surface area contributed by atoms with Gasteiger partial charge >= 0.3 is 0 Å². The Hall–Kier alpha value is -1.84. The van der Waals surface area contributed by atoms with Crippen LogP contribution in [-0.2, 0) is 22.6 Å². The van der Waals surface area contributed by atoms with E-state index in [1.54, 1.807) is 4.90 Å². The van der Waals surface area contributed by atoms with Crippen LogP contribution in [0.3, 0.4) is 0 Å². The summed E-state index contributed by atoms with van der Waals surface area (Å²) in [6, 6.07) is 8.29. The summed E-state index contributed by atoms with van der Waals surface area (Å²) in [4.78, 5) is 28.5. The lowest BCUT2D eigenvalue weighted by atomic mass is 10.00. The summed E-state index contributed by atoms with van der Waals surface area (Å²) in [7, 11) is 0. The number of rotatable bonds is 7. The molecule has 1 aliphatic heterocycles. The van der Waals surface area contributed by atoms with Crippen molar-refractivity contribution < 1.29 is 9.59 Å². The molecule has 0 fully saturated rings. The van der Waals surface area contributed by atoms with Crippen LogP contribution in [0.2, 0.25) is 0 Å². The monoisotopic (exact) mass is 316 g/mol. The van der Waals surface area contributed by atoms with Crippen LogP contribution in [-0.4, -0.2) is 41.2 Å². The Bertz CT molecular complexity index is 542. The third-order valence-corrected chi connectivity index (χ3v) is 4.40. The Morgan fingerprint density at radius 1 is 1.13 bits per heavy atom. The fourth-order valence-electron chi connectivity index (χ4n) is 3.02. The number of carbonyl (C=O) groups is 2. The minimum atomic E-state index is 0.0674. The van der Waals surface area contributed by atoms with E-state index in [-0.39, 0.29) is 18.4 Å². The molecule has 0 aliphatic carbocycles. The molecular weight excluding hydrogens is 288 g/mol. The van der Waals surface area contributed by atoms with Crippen molar-refractivity contribution in [3.05, 3.63) is 35.4 Å².